The van der Waals surface area contributed by atoms with Crippen LogP contribution in [0, 0.1) is 19.3 Å². The average Bonchev–Trinajstić information content (AvgIpc) is 2.60. The minimum Gasteiger partial charge on any atom is -0.368 e. The van der Waals surface area contributed by atoms with Crippen molar-refractivity contribution in [1.82, 2.24) is 19.8 Å². The Hall–Kier alpha value is -2.18. The van der Waals surface area contributed by atoms with E-state index in [9.17, 15) is 9.59 Å². The number of hydrogen-bond donors (Lipinski definition) is 1. The highest BCUT2D eigenvalue weighted by Crippen LogP contribution is 2.39. The minimum atomic E-state index is 0.0551. The summed E-state index contributed by atoms with van der Waals surface area (Å²) in [6.07, 6.45) is 3.87. The lowest BCUT2D eigenvalue weighted by atomic mass is 9.73. The second kappa shape index (κ2) is 7.21. The van der Waals surface area contributed by atoms with Gasteiger partial charge >= 0.3 is 0 Å². The standard InChI is InChI=1S/C19H29N5O2/c1-4-23-11-19(8-6-16(23)25)7-5-9-24(12-19)17(26)10-15-13(2)21-18(20)22-14(15)3/h4-12H2,1-3H3,(H2,20,21,22)/t19-/m0/s1. The van der Waals surface area contributed by atoms with Crippen LogP contribution < -0.4 is 5.73 Å². The van der Waals surface area contributed by atoms with E-state index in [0.717, 1.165) is 62.4 Å². The van der Waals surface area contributed by atoms with Crippen LogP contribution in [0.25, 0.3) is 0 Å². The first-order valence-electron chi connectivity index (χ1n) is 9.49. The van der Waals surface area contributed by atoms with Crippen molar-refractivity contribution in [3.05, 3.63) is 17.0 Å². The van der Waals surface area contributed by atoms with Gasteiger partial charge in [0.1, 0.15) is 0 Å². The molecule has 0 aliphatic carbocycles. The number of amides is 2. The van der Waals surface area contributed by atoms with E-state index in [1.807, 2.05) is 30.6 Å². The van der Waals surface area contributed by atoms with Crippen LogP contribution in [-0.2, 0) is 16.0 Å². The molecule has 3 heterocycles. The summed E-state index contributed by atoms with van der Waals surface area (Å²) in [4.78, 5) is 37.3. The maximum atomic E-state index is 13.0. The van der Waals surface area contributed by atoms with Crippen molar-refractivity contribution in [2.24, 2.45) is 5.41 Å². The molecule has 2 aliphatic heterocycles. The van der Waals surface area contributed by atoms with Crippen LogP contribution in [0.2, 0.25) is 0 Å². The van der Waals surface area contributed by atoms with E-state index in [4.69, 9.17) is 5.73 Å². The van der Waals surface area contributed by atoms with Gasteiger partial charge in [-0.15, -0.1) is 0 Å². The summed E-state index contributed by atoms with van der Waals surface area (Å²) in [5.74, 6) is 0.607. The number of hydrogen-bond acceptors (Lipinski definition) is 5. The first-order valence-corrected chi connectivity index (χ1v) is 9.49. The van der Waals surface area contributed by atoms with Crippen LogP contribution in [0.1, 0.15) is 49.6 Å². The highest BCUT2D eigenvalue weighted by molar-refractivity contribution is 5.80. The monoisotopic (exact) mass is 359 g/mol. The van der Waals surface area contributed by atoms with Crippen LogP contribution in [-0.4, -0.2) is 57.8 Å². The van der Waals surface area contributed by atoms with E-state index in [-0.39, 0.29) is 23.2 Å². The molecular weight excluding hydrogens is 330 g/mol. The molecule has 3 rings (SSSR count). The van der Waals surface area contributed by atoms with Crippen molar-refractivity contribution >= 4 is 17.8 Å². The lowest BCUT2D eigenvalue weighted by Crippen LogP contribution is -2.55. The number of nitrogens with zero attached hydrogens (tertiary/aromatic N) is 4. The van der Waals surface area contributed by atoms with Gasteiger partial charge < -0.3 is 15.5 Å². The molecule has 1 spiro atoms. The van der Waals surface area contributed by atoms with E-state index in [0.29, 0.717) is 12.8 Å². The van der Waals surface area contributed by atoms with Gasteiger partial charge in [0.15, 0.2) is 0 Å². The fourth-order valence-electron chi connectivity index (χ4n) is 4.43. The van der Waals surface area contributed by atoms with Gasteiger partial charge in [0.2, 0.25) is 17.8 Å². The summed E-state index contributed by atoms with van der Waals surface area (Å²) >= 11 is 0. The lowest BCUT2D eigenvalue weighted by Gasteiger charge is -2.48. The SMILES string of the molecule is CCN1C[C@]2(CCCN(C(=O)Cc3c(C)nc(N)nc3C)C2)CCC1=O. The smallest absolute Gasteiger partial charge is 0.227 e. The largest absolute Gasteiger partial charge is 0.368 e. The normalized spacial score (nSPS) is 23.6. The van der Waals surface area contributed by atoms with Crippen molar-refractivity contribution in [3.63, 3.8) is 0 Å². The Morgan fingerprint density at radius 3 is 2.54 bits per heavy atom. The van der Waals surface area contributed by atoms with Crippen LogP contribution in [0.5, 0.6) is 0 Å². The maximum absolute atomic E-state index is 13.0. The number of carbonyl (C=O) groups is 2. The first kappa shape index (κ1) is 18.6. The van der Waals surface area contributed by atoms with E-state index in [1.165, 1.54) is 0 Å². The molecule has 7 heteroatoms. The number of anilines is 1. The van der Waals surface area contributed by atoms with Gasteiger partial charge in [-0.3, -0.25) is 9.59 Å². The number of aryl methyl sites for hydroxylation is 2. The van der Waals surface area contributed by atoms with Crippen molar-refractivity contribution in [1.29, 1.82) is 0 Å². The Morgan fingerprint density at radius 1 is 1.19 bits per heavy atom. The number of carbonyl (C=O) groups excluding carboxylic acids is 2. The van der Waals surface area contributed by atoms with Gasteiger partial charge in [0.05, 0.1) is 6.42 Å². The second-order valence-electron chi connectivity index (χ2n) is 7.73. The van der Waals surface area contributed by atoms with E-state index in [2.05, 4.69) is 9.97 Å². The zero-order valence-electron chi connectivity index (χ0n) is 16.0. The zero-order chi connectivity index (χ0) is 18.9. The number of piperidine rings is 2. The van der Waals surface area contributed by atoms with E-state index in [1.54, 1.807) is 0 Å². The summed E-state index contributed by atoms with van der Waals surface area (Å²) in [5.41, 5.74) is 8.16. The zero-order valence-corrected chi connectivity index (χ0v) is 16.0. The maximum Gasteiger partial charge on any atom is 0.227 e. The number of nitrogen functional groups attached to an aromatic ring is 1. The molecule has 0 aromatic carbocycles. The predicted octanol–water partition coefficient (Wildman–Crippen LogP) is 1.47. The van der Waals surface area contributed by atoms with Crippen molar-refractivity contribution < 1.29 is 9.59 Å². The molecule has 1 aromatic heterocycles. The Bertz CT molecular complexity index is 697. The highest BCUT2D eigenvalue weighted by atomic mass is 16.2. The molecular formula is C19H29N5O2. The molecule has 2 fully saturated rings. The molecule has 142 valence electrons. The molecule has 2 N–H and O–H groups in total. The first-order chi connectivity index (χ1) is 12.3. The lowest BCUT2D eigenvalue weighted by molar-refractivity contribution is -0.142. The van der Waals surface area contributed by atoms with Gasteiger partial charge in [-0.05, 0) is 40.0 Å². The third-order valence-electron chi connectivity index (χ3n) is 5.91. The molecule has 1 aromatic rings. The number of aromatic nitrogens is 2. The van der Waals surface area contributed by atoms with Crippen LogP contribution in [0.15, 0.2) is 0 Å². The topological polar surface area (TPSA) is 92.4 Å². The molecule has 0 unspecified atom stereocenters. The third kappa shape index (κ3) is 3.66. The molecule has 2 saturated heterocycles. The second-order valence-corrected chi connectivity index (χ2v) is 7.73. The fourth-order valence-corrected chi connectivity index (χ4v) is 4.43. The summed E-state index contributed by atoms with van der Waals surface area (Å²) < 4.78 is 0. The molecule has 7 nitrogen and oxygen atoms in total. The van der Waals surface area contributed by atoms with Crippen LogP contribution >= 0.6 is 0 Å². The Kier molecular flexibility index (Phi) is 5.16. The Morgan fingerprint density at radius 2 is 1.88 bits per heavy atom. The van der Waals surface area contributed by atoms with E-state index >= 15 is 0 Å². The molecule has 26 heavy (non-hydrogen) atoms. The molecule has 1 atom stereocenters. The summed E-state index contributed by atoms with van der Waals surface area (Å²) in [6, 6.07) is 0. The fraction of sp³-hybridized carbons (Fsp3) is 0.684. The molecule has 2 aliphatic rings. The predicted molar refractivity (Wildman–Crippen MR) is 99.4 cm³/mol. The van der Waals surface area contributed by atoms with Crippen molar-refractivity contribution in [3.8, 4) is 0 Å². The molecule has 0 saturated carbocycles. The number of rotatable bonds is 3. The summed E-state index contributed by atoms with van der Waals surface area (Å²) in [5, 5.41) is 0. The van der Waals surface area contributed by atoms with Crippen molar-refractivity contribution in [2.75, 3.05) is 31.9 Å². The van der Waals surface area contributed by atoms with Gasteiger partial charge in [0.25, 0.3) is 0 Å². The molecule has 0 radical (unpaired) electrons. The van der Waals surface area contributed by atoms with Gasteiger partial charge in [-0.1, -0.05) is 0 Å². The van der Waals surface area contributed by atoms with Gasteiger partial charge in [-0.2, -0.15) is 0 Å². The number of nitrogens with two attached hydrogens (primary N) is 1. The Labute approximate surface area is 155 Å². The third-order valence-corrected chi connectivity index (χ3v) is 5.91. The van der Waals surface area contributed by atoms with Gasteiger partial charge in [0, 0.05) is 55.0 Å². The molecule has 2 amide bonds. The van der Waals surface area contributed by atoms with Crippen LogP contribution in [0.3, 0.4) is 0 Å². The van der Waals surface area contributed by atoms with Crippen molar-refractivity contribution in [2.45, 2.75) is 52.9 Å². The minimum absolute atomic E-state index is 0.0551. The summed E-state index contributed by atoms with van der Waals surface area (Å²) in [7, 11) is 0. The highest BCUT2D eigenvalue weighted by Gasteiger charge is 2.42. The van der Waals surface area contributed by atoms with E-state index < -0.39 is 0 Å². The molecule has 0 bridgehead atoms. The quantitative estimate of drug-likeness (QED) is 0.882. The summed E-state index contributed by atoms with van der Waals surface area (Å²) in [6.45, 7) is 8.81. The van der Waals surface area contributed by atoms with Crippen LogP contribution in [0.4, 0.5) is 5.95 Å². The number of likely N-dealkylation sites (tertiary alicyclic amines) is 2. The average molecular weight is 359 g/mol. The van der Waals surface area contributed by atoms with Gasteiger partial charge in [-0.25, -0.2) is 9.97 Å². The Balaban J connectivity index is 1.72.